The van der Waals surface area contributed by atoms with E-state index < -0.39 is 9.80 Å². The molecule has 1 amide bonds. The molecule has 0 bridgehead atoms. The van der Waals surface area contributed by atoms with Crippen molar-refractivity contribution in [2.45, 2.75) is 11.8 Å². The van der Waals surface area contributed by atoms with Crippen LogP contribution in [0, 0.1) is 0 Å². The highest BCUT2D eigenvalue weighted by atomic mass is 35.7. The minimum Gasteiger partial charge on any atom is -0.326 e. The largest absolute Gasteiger partial charge is 0.326 e. The SMILES string of the molecule is CC(=O)Nc1ccc(S(O)(O)Cl)cc1. The zero-order chi connectivity index (χ0) is 10.8. The Kier molecular flexibility index (Phi) is 3.38. The monoisotopic (exact) mass is 235 g/mol. The number of hydrogen-bond donors (Lipinski definition) is 3. The van der Waals surface area contributed by atoms with E-state index in [9.17, 15) is 4.79 Å². The standard InChI is InChI=1S/C8H10ClNO3S/c1-6(11)10-7-2-4-8(5-3-7)14(9,12)13/h2-5,12-13H,1H3,(H,10,11). The lowest BCUT2D eigenvalue weighted by Gasteiger charge is -2.22. The summed E-state index contributed by atoms with van der Waals surface area (Å²) in [5, 5.41) is 2.55. The highest BCUT2D eigenvalue weighted by molar-refractivity contribution is 8.43. The number of carbonyl (C=O) groups excluding carboxylic acids is 1. The van der Waals surface area contributed by atoms with Crippen molar-refractivity contribution in [3.63, 3.8) is 0 Å². The molecular formula is C8H10ClNO3S. The van der Waals surface area contributed by atoms with Crippen LogP contribution in [0.4, 0.5) is 5.69 Å². The number of benzene rings is 1. The van der Waals surface area contributed by atoms with Gasteiger partial charge in [0.25, 0.3) is 0 Å². The minimum atomic E-state index is -3.19. The van der Waals surface area contributed by atoms with Crippen molar-refractivity contribution in [2.24, 2.45) is 0 Å². The highest BCUT2D eigenvalue weighted by Crippen LogP contribution is 2.52. The van der Waals surface area contributed by atoms with Crippen molar-refractivity contribution in [1.82, 2.24) is 0 Å². The van der Waals surface area contributed by atoms with E-state index in [1.807, 2.05) is 0 Å². The molecule has 0 spiro atoms. The molecule has 0 fully saturated rings. The summed E-state index contributed by atoms with van der Waals surface area (Å²) < 4.78 is 18.2. The molecule has 6 heteroatoms. The van der Waals surface area contributed by atoms with Crippen LogP contribution in [0.15, 0.2) is 29.2 Å². The molecule has 0 heterocycles. The van der Waals surface area contributed by atoms with Crippen LogP contribution >= 0.6 is 20.5 Å². The number of hydrogen-bond acceptors (Lipinski definition) is 3. The maximum atomic E-state index is 10.7. The van der Waals surface area contributed by atoms with Crippen LogP contribution in [-0.4, -0.2) is 15.0 Å². The average Bonchev–Trinajstić information content (AvgIpc) is 2.02. The first kappa shape index (κ1) is 11.3. The molecule has 0 aliphatic carbocycles. The van der Waals surface area contributed by atoms with Crippen molar-refractivity contribution < 1.29 is 13.9 Å². The first-order valence-corrected chi connectivity index (χ1v) is 6.12. The van der Waals surface area contributed by atoms with Gasteiger partial charge in [-0.25, -0.2) is 0 Å². The summed E-state index contributed by atoms with van der Waals surface area (Å²) in [6.45, 7) is 1.39. The quantitative estimate of drug-likeness (QED) is 0.738. The van der Waals surface area contributed by atoms with Gasteiger partial charge in [-0.3, -0.25) is 13.9 Å². The summed E-state index contributed by atoms with van der Waals surface area (Å²) in [5.74, 6) is -0.185. The van der Waals surface area contributed by atoms with Gasteiger partial charge in [0.1, 0.15) is 0 Å². The van der Waals surface area contributed by atoms with Gasteiger partial charge in [0, 0.05) is 23.3 Å². The van der Waals surface area contributed by atoms with E-state index in [0.717, 1.165) is 0 Å². The summed E-state index contributed by atoms with van der Waals surface area (Å²) in [4.78, 5) is 10.9. The van der Waals surface area contributed by atoms with Crippen LogP contribution in [-0.2, 0) is 4.79 Å². The van der Waals surface area contributed by atoms with Crippen molar-refractivity contribution in [1.29, 1.82) is 0 Å². The molecule has 0 radical (unpaired) electrons. The predicted octanol–water partition coefficient (Wildman–Crippen LogP) is 2.91. The van der Waals surface area contributed by atoms with E-state index in [1.54, 1.807) is 12.1 Å². The predicted molar refractivity (Wildman–Crippen MR) is 57.7 cm³/mol. The Labute approximate surface area is 87.7 Å². The molecule has 0 atom stereocenters. The number of carbonyl (C=O) groups is 1. The van der Waals surface area contributed by atoms with E-state index in [4.69, 9.17) is 19.8 Å². The molecule has 14 heavy (non-hydrogen) atoms. The maximum Gasteiger partial charge on any atom is 0.221 e. The Morgan fingerprint density at radius 2 is 1.86 bits per heavy atom. The van der Waals surface area contributed by atoms with Crippen molar-refractivity contribution in [3.8, 4) is 0 Å². The molecule has 1 aromatic rings. The Balaban J connectivity index is 2.84. The lowest BCUT2D eigenvalue weighted by Crippen LogP contribution is -2.05. The van der Waals surface area contributed by atoms with E-state index in [0.29, 0.717) is 5.69 Å². The van der Waals surface area contributed by atoms with E-state index in [1.165, 1.54) is 19.1 Å². The fourth-order valence-electron chi connectivity index (χ4n) is 0.915. The fraction of sp³-hybridized carbons (Fsp3) is 0.125. The molecule has 0 saturated carbocycles. The Morgan fingerprint density at radius 3 is 2.21 bits per heavy atom. The van der Waals surface area contributed by atoms with E-state index >= 15 is 0 Å². The third-order valence-corrected chi connectivity index (χ3v) is 2.88. The van der Waals surface area contributed by atoms with Crippen LogP contribution in [0.25, 0.3) is 0 Å². The lowest BCUT2D eigenvalue weighted by molar-refractivity contribution is -0.114. The number of halogens is 1. The van der Waals surface area contributed by atoms with Gasteiger partial charge in [0.2, 0.25) is 5.91 Å². The Morgan fingerprint density at radius 1 is 1.36 bits per heavy atom. The molecule has 1 rings (SSSR count). The van der Waals surface area contributed by atoms with Crippen molar-refractivity contribution >= 4 is 32.1 Å². The zero-order valence-corrected chi connectivity index (χ0v) is 8.97. The van der Waals surface area contributed by atoms with Gasteiger partial charge in [0.15, 0.2) is 0 Å². The van der Waals surface area contributed by atoms with Gasteiger partial charge in [-0.15, -0.1) is 0 Å². The van der Waals surface area contributed by atoms with Crippen LogP contribution in [0.1, 0.15) is 6.92 Å². The minimum absolute atomic E-state index is 0.185. The molecule has 4 nitrogen and oxygen atoms in total. The zero-order valence-electron chi connectivity index (χ0n) is 7.40. The van der Waals surface area contributed by atoms with Gasteiger partial charge in [-0.05, 0) is 24.3 Å². The van der Waals surface area contributed by atoms with Gasteiger partial charge >= 0.3 is 0 Å². The number of rotatable bonds is 2. The van der Waals surface area contributed by atoms with Crippen LogP contribution in [0.5, 0.6) is 0 Å². The fourth-order valence-corrected chi connectivity index (χ4v) is 1.71. The summed E-state index contributed by atoms with van der Waals surface area (Å²) in [6, 6.07) is 6.00. The second-order valence-corrected chi connectivity index (χ2v) is 5.41. The third-order valence-electron chi connectivity index (χ3n) is 1.47. The van der Waals surface area contributed by atoms with Gasteiger partial charge in [0.05, 0.1) is 4.90 Å². The molecule has 0 aliphatic heterocycles. The van der Waals surface area contributed by atoms with Crippen LogP contribution in [0.3, 0.4) is 0 Å². The molecule has 0 aromatic heterocycles. The first-order chi connectivity index (χ1) is 6.39. The second kappa shape index (κ2) is 4.18. The first-order valence-electron chi connectivity index (χ1n) is 3.75. The number of amides is 1. The normalized spacial score (nSPS) is 12.3. The second-order valence-electron chi connectivity index (χ2n) is 2.68. The van der Waals surface area contributed by atoms with Gasteiger partial charge in [-0.1, -0.05) is 9.80 Å². The summed E-state index contributed by atoms with van der Waals surface area (Å²) in [6.07, 6.45) is 0. The third kappa shape index (κ3) is 3.19. The van der Waals surface area contributed by atoms with Crippen molar-refractivity contribution in [3.05, 3.63) is 24.3 Å². The van der Waals surface area contributed by atoms with E-state index in [-0.39, 0.29) is 10.8 Å². The molecule has 3 N–H and O–H groups in total. The average molecular weight is 236 g/mol. The van der Waals surface area contributed by atoms with Gasteiger partial charge in [-0.2, -0.15) is 0 Å². The Bertz CT molecular complexity index is 333. The summed E-state index contributed by atoms with van der Waals surface area (Å²) >= 11 is 0. The summed E-state index contributed by atoms with van der Waals surface area (Å²) in [7, 11) is 2.14. The smallest absolute Gasteiger partial charge is 0.221 e. The van der Waals surface area contributed by atoms with Gasteiger partial charge < -0.3 is 5.32 Å². The van der Waals surface area contributed by atoms with E-state index in [2.05, 4.69) is 5.32 Å². The molecule has 0 aliphatic rings. The molecular weight excluding hydrogens is 226 g/mol. The molecule has 78 valence electrons. The topological polar surface area (TPSA) is 69.6 Å². The maximum absolute atomic E-state index is 10.7. The van der Waals surface area contributed by atoms with Crippen LogP contribution in [0.2, 0.25) is 0 Å². The lowest BCUT2D eigenvalue weighted by atomic mass is 10.3. The van der Waals surface area contributed by atoms with Crippen molar-refractivity contribution in [2.75, 3.05) is 5.32 Å². The summed E-state index contributed by atoms with van der Waals surface area (Å²) in [5.41, 5.74) is 0.585. The molecule has 0 unspecified atom stereocenters. The highest BCUT2D eigenvalue weighted by Gasteiger charge is 2.10. The molecule has 0 saturated heterocycles. The number of anilines is 1. The number of nitrogens with one attached hydrogen (secondary N) is 1. The molecule has 1 aromatic carbocycles. The Hall–Kier alpha value is -0.750. The van der Waals surface area contributed by atoms with Crippen LogP contribution < -0.4 is 5.32 Å².